The number of benzene rings is 1. The molecule has 0 radical (unpaired) electrons. The summed E-state index contributed by atoms with van der Waals surface area (Å²) >= 11 is 0. The normalized spacial score (nSPS) is 18.3. The van der Waals surface area contributed by atoms with Gasteiger partial charge in [-0.3, -0.25) is 4.79 Å². The van der Waals surface area contributed by atoms with Gasteiger partial charge in [0.15, 0.2) is 11.5 Å². The number of carbonyl (C=O) groups excluding carboxylic acids is 1. The summed E-state index contributed by atoms with van der Waals surface area (Å²) in [7, 11) is 4.75. The molecule has 6 nitrogen and oxygen atoms in total. The zero-order valence-electron chi connectivity index (χ0n) is 15.8. The molecule has 3 rings (SSSR count). The molecule has 2 fully saturated rings. The smallest absolute Gasteiger partial charge is 0.226 e. The Labute approximate surface area is 161 Å². The monoisotopic (exact) mass is 384 g/mol. The average Bonchev–Trinajstić information content (AvgIpc) is 3.09. The van der Waals surface area contributed by atoms with Crippen LogP contribution in [0.2, 0.25) is 0 Å². The van der Waals surface area contributed by atoms with E-state index >= 15 is 0 Å². The van der Waals surface area contributed by atoms with Gasteiger partial charge in [0.05, 0.1) is 27.8 Å². The second kappa shape index (κ2) is 8.82. The number of halogens is 1. The second-order valence-corrected chi connectivity index (χ2v) is 7.02. The molecule has 26 heavy (non-hydrogen) atoms. The zero-order chi connectivity index (χ0) is 17.9. The van der Waals surface area contributed by atoms with Crippen molar-refractivity contribution in [2.24, 2.45) is 5.41 Å². The molecule has 1 aromatic rings. The van der Waals surface area contributed by atoms with Crippen LogP contribution < -0.4 is 19.5 Å². The van der Waals surface area contributed by atoms with Crippen molar-refractivity contribution in [3.8, 4) is 17.2 Å². The minimum absolute atomic E-state index is 0. The second-order valence-electron chi connectivity index (χ2n) is 7.02. The van der Waals surface area contributed by atoms with Gasteiger partial charge in [-0.2, -0.15) is 0 Å². The maximum absolute atomic E-state index is 12.7. The first-order valence-electron chi connectivity index (χ1n) is 8.88. The minimum Gasteiger partial charge on any atom is -0.493 e. The van der Waals surface area contributed by atoms with Gasteiger partial charge in [0.1, 0.15) is 0 Å². The molecule has 0 aliphatic carbocycles. The third-order valence-electron chi connectivity index (χ3n) is 5.59. The van der Waals surface area contributed by atoms with Crippen LogP contribution >= 0.6 is 12.4 Å². The largest absolute Gasteiger partial charge is 0.493 e. The van der Waals surface area contributed by atoms with Crippen LogP contribution in [0.15, 0.2) is 12.1 Å². The van der Waals surface area contributed by atoms with Gasteiger partial charge in [-0.1, -0.05) is 0 Å². The fourth-order valence-corrected chi connectivity index (χ4v) is 3.98. The van der Waals surface area contributed by atoms with E-state index in [0.29, 0.717) is 29.1 Å². The van der Waals surface area contributed by atoms with Crippen LogP contribution in [0.3, 0.4) is 0 Å². The predicted molar refractivity (Wildman–Crippen MR) is 103 cm³/mol. The molecule has 2 heterocycles. The molecule has 2 saturated heterocycles. The number of carbonyl (C=O) groups is 1. The van der Waals surface area contributed by atoms with Gasteiger partial charge in [-0.25, -0.2) is 0 Å². The zero-order valence-corrected chi connectivity index (χ0v) is 16.6. The Bertz CT molecular complexity index is 597. The van der Waals surface area contributed by atoms with E-state index in [2.05, 4.69) is 5.32 Å². The van der Waals surface area contributed by atoms with Crippen molar-refractivity contribution in [2.45, 2.75) is 25.7 Å². The highest BCUT2D eigenvalue weighted by molar-refractivity contribution is 5.85. The van der Waals surface area contributed by atoms with E-state index in [9.17, 15) is 4.79 Å². The summed E-state index contributed by atoms with van der Waals surface area (Å²) in [5.74, 6) is 1.88. The number of nitrogens with zero attached hydrogens (tertiary/aromatic N) is 1. The number of nitrogens with one attached hydrogen (secondary N) is 1. The van der Waals surface area contributed by atoms with Crippen LogP contribution in [0.1, 0.15) is 24.8 Å². The van der Waals surface area contributed by atoms with E-state index in [1.807, 2.05) is 17.0 Å². The number of ether oxygens (including phenoxy) is 3. The lowest BCUT2D eigenvalue weighted by atomic mass is 9.78. The van der Waals surface area contributed by atoms with E-state index in [-0.39, 0.29) is 18.3 Å². The first kappa shape index (κ1) is 20.6. The van der Waals surface area contributed by atoms with Gasteiger partial charge in [0.25, 0.3) is 0 Å². The number of rotatable bonds is 5. The highest BCUT2D eigenvalue weighted by atomic mass is 35.5. The molecule has 1 N–H and O–H groups in total. The molecule has 0 aromatic heterocycles. The van der Waals surface area contributed by atoms with Gasteiger partial charge in [-0.15, -0.1) is 12.4 Å². The summed E-state index contributed by atoms with van der Waals surface area (Å²) in [5.41, 5.74) is 1.30. The molecule has 0 atom stereocenters. The Morgan fingerprint density at radius 2 is 1.69 bits per heavy atom. The molecule has 1 amide bonds. The van der Waals surface area contributed by atoms with E-state index in [4.69, 9.17) is 14.2 Å². The Morgan fingerprint density at radius 3 is 2.15 bits per heavy atom. The molecule has 2 aliphatic rings. The van der Waals surface area contributed by atoms with Crippen molar-refractivity contribution >= 4 is 18.3 Å². The summed E-state index contributed by atoms with van der Waals surface area (Å²) in [6.45, 7) is 3.91. The molecule has 0 unspecified atom stereocenters. The molecular formula is C19H29ClN2O4. The van der Waals surface area contributed by atoms with Crippen LogP contribution in [0.25, 0.3) is 0 Å². The summed E-state index contributed by atoms with van der Waals surface area (Å²) in [5, 5.41) is 3.46. The van der Waals surface area contributed by atoms with Gasteiger partial charge >= 0.3 is 0 Å². The highest BCUT2D eigenvalue weighted by Crippen LogP contribution is 2.39. The molecule has 0 bridgehead atoms. The Morgan fingerprint density at radius 1 is 1.08 bits per heavy atom. The third-order valence-corrected chi connectivity index (χ3v) is 5.59. The molecule has 146 valence electrons. The molecule has 1 aromatic carbocycles. The fraction of sp³-hybridized carbons (Fsp3) is 0.632. The number of piperidine rings is 1. The van der Waals surface area contributed by atoms with Gasteiger partial charge in [0, 0.05) is 19.6 Å². The van der Waals surface area contributed by atoms with Gasteiger partial charge in [0.2, 0.25) is 11.7 Å². The number of hydrogen-bond acceptors (Lipinski definition) is 5. The van der Waals surface area contributed by atoms with E-state index < -0.39 is 0 Å². The van der Waals surface area contributed by atoms with Crippen LogP contribution in [0.5, 0.6) is 17.2 Å². The number of methoxy groups -OCH3 is 3. The van der Waals surface area contributed by atoms with Crippen molar-refractivity contribution in [3.05, 3.63) is 17.7 Å². The first-order chi connectivity index (χ1) is 12.1. The lowest BCUT2D eigenvalue weighted by Crippen LogP contribution is -2.44. The summed E-state index contributed by atoms with van der Waals surface area (Å²) < 4.78 is 16.1. The standard InChI is InChI=1S/C19H28N2O4.ClH/c1-23-15-10-14(11-16(24-2)18(15)25-3)12-17(22)21-8-5-19(6-9-21)4-7-20-13-19;/h10-11,20H,4-9,12-13H2,1-3H3;1H. The van der Waals surface area contributed by atoms with Crippen LogP contribution in [0.4, 0.5) is 0 Å². The first-order valence-corrected chi connectivity index (χ1v) is 8.88. The molecule has 2 aliphatic heterocycles. The summed E-state index contributed by atoms with van der Waals surface area (Å²) in [4.78, 5) is 14.7. The summed E-state index contributed by atoms with van der Waals surface area (Å²) in [6, 6.07) is 3.71. The van der Waals surface area contributed by atoms with Crippen molar-refractivity contribution in [1.29, 1.82) is 0 Å². The number of likely N-dealkylation sites (tertiary alicyclic amines) is 1. The maximum Gasteiger partial charge on any atom is 0.226 e. The predicted octanol–water partition coefficient (Wildman–Crippen LogP) is 2.28. The van der Waals surface area contributed by atoms with E-state index in [1.165, 1.54) is 6.42 Å². The minimum atomic E-state index is 0. The SMILES string of the molecule is COc1cc(CC(=O)N2CCC3(CCNC3)CC2)cc(OC)c1OC.Cl. The van der Waals surface area contributed by atoms with E-state index in [0.717, 1.165) is 44.6 Å². The third kappa shape index (κ3) is 4.18. The van der Waals surface area contributed by atoms with Crippen LogP contribution in [-0.4, -0.2) is 58.3 Å². The van der Waals surface area contributed by atoms with Gasteiger partial charge in [-0.05, 0) is 48.9 Å². The molecule has 1 spiro atoms. The van der Waals surface area contributed by atoms with Crippen molar-refractivity contribution in [2.75, 3.05) is 47.5 Å². The molecular weight excluding hydrogens is 356 g/mol. The highest BCUT2D eigenvalue weighted by Gasteiger charge is 2.37. The number of amides is 1. The van der Waals surface area contributed by atoms with Crippen molar-refractivity contribution < 1.29 is 19.0 Å². The average molecular weight is 385 g/mol. The van der Waals surface area contributed by atoms with Crippen LogP contribution in [0, 0.1) is 5.41 Å². The topological polar surface area (TPSA) is 60.0 Å². The Kier molecular flexibility index (Phi) is 7.01. The van der Waals surface area contributed by atoms with Crippen LogP contribution in [-0.2, 0) is 11.2 Å². The van der Waals surface area contributed by atoms with Crippen molar-refractivity contribution in [1.82, 2.24) is 10.2 Å². The maximum atomic E-state index is 12.7. The van der Waals surface area contributed by atoms with E-state index in [1.54, 1.807) is 21.3 Å². The summed E-state index contributed by atoms with van der Waals surface area (Å²) in [6.07, 6.45) is 3.78. The van der Waals surface area contributed by atoms with Crippen molar-refractivity contribution in [3.63, 3.8) is 0 Å². The Balaban J connectivity index is 0.00000243. The fourth-order valence-electron chi connectivity index (χ4n) is 3.98. The molecule has 7 heteroatoms. The quantitative estimate of drug-likeness (QED) is 0.843. The molecule has 0 saturated carbocycles. The van der Waals surface area contributed by atoms with Gasteiger partial charge < -0.3 is 24.4 Å². The number of hydrogen-bond donors (Lipinski definition) is 1. The lowest BCUT2D eigenvalue weighted by molar-refractivity contribution is -0.132. The Hall–Kier alpha value is -1.66. The lowest BCUT2D eigenvalue weighted by Gasteiger charge is -2.39.